The first-order valence-corrected chi connectivity index (χ1v) is 4.87. The zero-order valence-electron chi connectivity index (χ0n) is 8.03. The van der Waals surface area contributed by atoms with E-state index in [1.165, 1.54) is 31.5 Å². The van der Waals surface area contributed by atoms with Crippen molar-refractivity contribution >= 4 is 0 Å². The molecule has 0 aromatic rings. The maximum Gasteiger partial charge on any atom is -0.00146 e. The molecule has 0 aliphatic carbocycles. The molecule has 2 N–H and O–H groups in total. The molecule has 0 unspecified atom stereocenters. The number of piperidine rings is 1. The van der Waals surface area contributed by atoms with Crippen molar-refractivity contribution in [2.24, 2.45) is 5.92 Å². The lowest BCUT2D eigenvalue weighted by Gasteiger charge is -2.24. The first-order chi connectivity index (χ1) is 5.84. The normalized spacial score (nSPS) is 19.4. The molecule has 2 heteroatoms. The summed E-state index contributed by atoms with van der Waals surface area (Å²) in [6.45, 7) is 7.56. The van der Waals surface area contributed by atoms with Gasteiger partial charge >= 0.3 is 0 Å². The molecule has 0 spiro atoms. The third-order valence-electron chi connectivity index (χ3n) is 2.61. The molecule has 1 aliphatic rings. The first-order valence-electron chi connectivity index (χ1n) is 4.87. The van der Waals surface area contributed by atoms with Crippen LogP contribution in [-0.4, -0.2) is 26.7 Å². The summed E-state index contributed by atoms with van der Waals surface area (Å²) in [6, 6.07) is 0. The van der Waals surface area contributed by atoms with Gasteiger partial charge in [-0.2, -0.15) is 0 Å². The lowest BCUT2D eigenvalue weighted by Crippen LogP contribution is -2.29. The maximum absolute atomic E-state index is 4.15. The van der Waals surface area contributed by atoms with Crippen LogP contribution in [0.5, 0.6) is 0 Å². The van der Waals surface area contributed by atoms with Crippen molar-refractivity contribution in [3.8, 4) is 0 Å². The van der Waals surface area contributed by atoms with Crippen LogP contribution in [0.25, 0.3) is 0 Å². The largest absolute Gasteiger partial charge is 0.319 e. The third-order valence-corrected chi connectivity index (χ3v) is 2.61. The van der Waals surface area contributed by atoms with E-state index in [2.05, 4.69) is 17.2 Å². The van der Waals surface area contributed by atoms with Gasteiger partial charge in [-0.25, -0.2) is 0 Å². The Bertz CT molecular complexity index is 137. The van der Waals surface area contributed by atoms with Gasteiger partial charge in [0.15, 0.2) is 0 Å². The molecule has 0 bridgehead atoms. The topological polar surface area (TPSA) is 24.1 Å². The summed E-state index contributed by atoms with van der Waals surface area (Å²) < 4.78 is 0. The third kappa shape index (κ3) is 2.95. The molecule has 0 saturated carbocycles. The van der Waals surface area contributed by atoms with Crippen molar-refractivity contribution in [3.05, 3.63) is 12.2 Å². The molecule has 0 aromatic carbocycles. The van der Waals surface area contributed by atoms with Crippen LogP contribution in [-0.2, 0) is 0 Å². The van der Waals surface area contributed by atoms with Crippen LogP contribution in [0.3, 0.4) is 0 Å². The summed E-state index contributed by atoms with van der Waals surface area (Å²) >= 11 is 0. The van der Waals surface area contributed by atoms with Crippen molar-refractivity contribution in [1.82, 2.24) is 10.6 Å². The second kappa shape index (κ2) is 5.33. The molecular formula is C10H20N2. The van der Waals surface area contributed by atoms with E-state index in [0.717, 1.165) is 18.9 Å². The van der Waals surface area contributed by atoms with Crippen molar-refractivity contribution in [2.75, 3.05) is 26.7 Å². The van der Waals surface area contributed by atoms with Gasteiger partial charge < -0.3 is 10.6 Å². The van der Waals surface area contributed by atoms with Crippen LogP contribution in [0.2, 0.25) is 0 Å². The summed E-state index contributed by atoms with van der Waals surface area (Å²) in [4.78, 5) is 0. The van der Waals surface area contributed by atoms with E-state index in [4.69, 9.17) is 0 Å². The SMILES string of the molecule is C=C(CCNC)C1CCNCC1. The highest BCUT2D eigenvalue weighted by Gasteiger charge is 2.14. The highest BCUT2D eigenvalue weighted by Crippen LogP contribution is 2.21. The van der Waals surface area contributed by atoms with Gasteiger partial charge in [-0.1, -0.05) is 12.2 Å². The van der Waals surface area contributed by atoms with Gasteiger partial charge in [-0.05, 0) is 51.9 Å². The van der Waals surface area contributed by atoms with Gasteiger partial charge in [-0.3, -0.25) is 0 Å². The standard InChI is InChI=1S/C10H20N2/c1-9(3-6-11-2)10-4-7-12-8-5-10/h10-12H,1,3-8H2,2H3. The second-order valence-corrected chi connectivity index (χ2v) is 3.54. The Labute approximate surface area is 75.4 Å². The van der Waals surface area contributed by atoms with Crippen LogP contribution in [0.1, 0.15) is 19.3 Å². The van der Waals surface area contributed by atoms with Crippen LogP contribution in [0.4, 0.5) is 0 Å². The van der Waals surface area contributed by atoms with Crippen LogP contribution >= 0.6 is 0 Å². The molecular weight excluding hydrogens is 148 g/mol. The van der Waals surface area contributed by atoms with Gasteiger partial charge in [-0.15, -0.1) is 0 Å². The van der Waals surface area contributed by atoms with Crippen molar-refractivity contribution < 1.29 is 0 Å². The minimum absolute atomic E-state index is 0.777. The molecule has 12 heavy (non-hydrogen) atoms. The Morgan fingerprint density at radius 2 is 2.17 bits per heavy atom. The zero-order valence-corrected chi connectivity index (χ0v) is 8.03. The van der Waals surface area contributed by atoms with E-state index in [1.807, 2.05) is 7.05 Å². The predicted octanol–water partition coefficient (Wildman–Crippen LogP) is 1.15. The zero-order chi connectivity index (χ0) is 8.81. The fourth-order valence-corrected chi connectivity index (χ4v) is 1.72. The summed E-state index contributed by atoms with van der Waals surface area (Å²) in [5.41, 5.74) is 1.44. The average Bonchev–Trinajstić information content (AvgIpc) is 2.15. The van der Waals surface area contributed by atoms with E-state index in [-0.39, 0.29) is 0 Å². The van der Waals surface area contributed by atoms with Gasteiger partial charge in [0.25, 0.3) is 0 Å². The molecule has 1 rings (SSSR count). The van der Waals surface area contributed by atoms with Gasteiger partial charge in [0.2, 0.25) is 0 Å². The number of rotatable bonds is 4. The van der Waals surface area contributed by atoms with E-state index in [0.29, 0.717) is 0 Å². The summed E-state index contributed by atoms with van der Waals surface area (Å²) in [5.74, 6) is 0.777. The van der Waals surface area contributed by atoms with E-state index < -0.39 is 0 Å². The van der Waals surface area contributed by atoms with Crippen LogP contribution < -0.4 is 10.6 Å². The predicted molar refractivity (Wildman–Crippen MR) is 53.3 cm³/mol. The molecule has 1 heterocycles. The molecule has 1 fully saturated rings. The lowest BCUT2D eigenvalue weighted by atomic mass is 9.89. The molecule has 70 valence electrons. The smallest absolute Gasteiger partial charge is 0.00146 e. The Kier molecular flexibility index (Phi) is 4.33. The number of nitrogens with one attached hydrogen (secondary N) is 2. The van der Waals surface area contributed by atoms with Crippen LogP contribution in [0, 0.1) is 5.92 Å². The second-order valence-electron chi connectivity index (χ2n) is 3.54. The van der Waals surface area contributed by atoms with Crippen molar-refractivity contribution in [3.63, 3.8) is 0 Å². The minimum Gasteiger partial charge on any atom is -0.319 e. The molecule has 0 amide bonds. The average molecular weight is 168 g/mol. The van der Waals surface area contributed by atoms with E-state index in [9.17, 15) is 0 Å². The first kappa shape index (κ1) is 9.75. The highest BCUT2D eigenvalue weighted by atomic mass is 14.9. The Hall–Kier alpha value is -0.340. The van der Waals surface area contributed by atoms with Crippen LogP contribution in [0.15, 0.2) is 12.2 Å². The van der Waals surface area contributed by atoms with Gasteiger partial charge in [0.05, 0.1) is 0 Å². The summed E-state index contributed by atoms with van der Waals surface area (Å²) in [5, 5.41) is 6.53. The Morgan fingerprint density at radius 3 is 2.75 bits per heavy atom. The van der Waals surface area contributed by atoms with Gasteiger partial charge in [0.1, 0.15) is 0 Å². The van der Waals surface area contributed by atoms with E-state index in [1.54, 1.807) is 0 Å². The Morgan fingerprint density at radius 1 is 1.50 bits per heavy atom. The lowest BCUT2D eigenvalue weighted by molar-refractivity contribution is 0.411. The van der Waals surface area contributed by atoms with Crippen molar-refractivity contribution in [1.29, 1.82) is 0 Å². The quantitative estimate of drug-likeness (QED) is 0.615. The Balaban J connectivity index is 2.20. The fraction of sp³-hybridized carbons (Fsp3) is 0.800. The molecule has 0 atom stereocenters. The molecule has 1 aliphatic heterocycles. The van der Waals surface area contributed by atoms with E-state index >= 15 is 0 Å². The molecule has 0 radical (unpaired) electrons. The van der Waals surface area contributed by atoms with Gasteiger partial charge in [0, 0.05) is 0 Å². The molecule has 0 aromatic heterocycles. The summed E-state index contributed by atoms with van der Waals surface area (Å²) in [7, 11) is 2.00. The maximum atomic E-state index is 4.15. The number of hydrogen-bond donors (Lipinski definition) is 2. The fourth-order valence-electron chi connectivity index (χ4n) is 1.72. The molecule has 1 saturated heterocycles. The summed E-state index contributed by atoms with van der Waals surface area (Å²) in [6.07, 6.45) is 3.70. The van der Waals surface area contributed by atoms with Crippen molar-refractivity contribution in [2.45, 2.75) is 19.3 Å². The highest BCUT2D eigenvalue weighted by molar-refractivity contribution is 5.02. The monoisotopic (exact) mass is 168 g/mol. The number of hydrogen-bond acceptors (Lipinski definition) is 2. The molecule has 2 nitrogen and oxygen atoms in total. The minimum atomic E-state index is 0.777.